The number of benzene rings is 1. The van der Waals surface area contributed by atoms with Crippen LogP contribution in [0.15, 0.2) is 54.0 Å². The topological polar surface area (TPSA) is 45.9 Å². The third kappa shape index (κ3) is 3.61. The van der Waals surface area contributed by atoms with Gasteiger partial charge in [0.15, 0.2) is 0 Å². The molecule has 0 spiro atoms. The highest BCUT2D eigenvalue weighted by Crippen LogP contribution is 2.37. The Balaban J connectivity index is 1.70. The average Bonchev–Trinajstić information content (AvgIpc) is 3.28. The summed E-state index contributed by atoms with van der Waals surface area (Å²) in [6.07, 6.45) is 12.2. The molecule has 4 rings (SSSR count). The molecule has 0 atom stereocenters. The summed E-state index contributed by atoms with van der Waals surface area (Å²) in [5.41, 5.74) is 5.81. The van der Waals surface area contributed by atoms with Gasteiger partial charge in [-0.1, -0.05) is 30.4 Å². The molecule has 4 heteroatoms. The van der Waals surface area contributed by atoms with Crippen LogP contribution in [0.1, 0.15) is 42.8 Å². The molecule has 0 N–H and O–H groups in total. The molecule has 0 unspecified atom stereocenters. The smallest absolute Gasteiger partial charge is 0.123 e. The van der Waals surface area contributed by atoms with E-state index in [1.54, 1.807) is 11.3 Å². The molecule has 0 bridgehead atoms. The van der Waals surface area contributed by atoms with Crippen molar-refractivity contribution in [3.8, 4) is 16.5 Å². The zero-order chi connectivity index (χ0) is 18.8. The predicted molar refractivity (Wildman–Crippen MR) is 110 cm³/mol. The lowest BCUT2D eigenvalue weighted by atomic mass is 10.0. The van der Waals surface area contributed by atoms with E-state index < -0.39 is 0 Å². The molecule has 2 aromatic rings. The average molecular weight is 375 g/mol. The monoisotopic (exact) mass is 374 g/mol. The van der Waals surface area contributed by atoms with E-state index in [0.29, 0.717) is 12.0 Å². The van der Waals surface area contributed by atoms with Crippen molar-refractivity contribution < 1.29 is 4.74 Å². The molecule has 0 saturated heterocycles. The summed E-state index contributed by atoms with van der Waals surface area (Å²) in [5.74, 6) is 0.733. The molecule has 2 aliphatic rings. The molecule has 0 saturated carbocycles. The summed E-state index contributed by atoms with van der Waals surface area (Å²) in [6, 6.07) is 8.88. The Kier molecular flexibility index (Phi) is 4.96. The van der Waals surface area contributed by atoms with Crippen LogP contribution in [0.25, 0.3) is 16.0 Å². The molecule has 0 radical (unpaired) electrons. The van der Waals surface area contributed by atoms with Gasteiger partial charge in [-0.05, 0) is 55.9 Å². The van der Waals surface area contributed by atoms with Crippen LogP contribution in [0, 0.1) is 11.3 Å². The number of aryl methyl sites for hydroxylation is 1. The van der Waals surface area contributed by atoms with Gasteiger partial charge in [-0.15, -0.1) is 11.3 Å². The fourth-order valence-electron chi connectivity index (χ4n) is 3.69. The van der Waals surface area contributed by atoms with Gasteiger partial charge in [0, 0.05) is 18.2 Å². The Bertz CT molecular complexity index is 1000. The standard InChI is InChI=1S/C23H22N2OS/c1-15(2)26-21-11-5-8-17(12-18(21)13-24)23-25-14-22(27-23)20-10-4-7-16-6-3-9-19(16)20/h4-5,7-8,10,12,14-15H,3,6,9,11H2,1-2H3. The Morgan fingerprint density at radius 1 is 1.26 bits per heavy atom. The number of hydrogen-bond acceptors (Lipinski definition) is 4. The van der Waals surface area contributed by atoms with Gasteiger partial charge in [0.25, 0.3) is 0 Å². The van der Waals surface area contributed by atoms with Crippen LogP contribution < -0.4 is 0 Å². The highest BCUT2D eigenvalue weighted by Gasteiger charge is 2.18. The molecule has 0 amide bonds. The Morgan fingerprint density at radius 2 is 2.15 bits per heavy atom. The summed E-state index contributed by atoms with van der Waals surface area (Å²) in [7, 11) is 0. The number of nitrogens with zero attached hydrogens (tertiary/aromatic N) is 2. The second-order valence-corrected chi connectivity index (χ2v) is 8.18. The molecule has 1 heterocycles. The predicted octanol–water partition coefficient (Wildman–Crippen LogP) is 5.84. The van der Waals surface area contributed by atoms with Crippen molar-refractivity contribution >= 4 is 16.9 Å². The quantitative estimate of drug-likeness (QED) is 0.675. The van der Waals surface area contributed by atoms with E-state index in [1.807, 2.05) is 32.2 Å². The highest BCUT2D eigenvalue weighted by molar-refractivity contribution is 7.16. The fourth-order valence-corrected chi connectivity index (χ4v) is 4.66. The van der Waals surface area contributed by atoms with Gasteiger partial charge in [0.05, 0.1) is 16.6 Å². The number of ether oxygens (including phenoxy) is 1. The highest BCUT2D eigenvalue weighted by atomic mass is 32.1. The number of nitriles is 1. The van der Waals surface area contributed by atoms with Crippen molar-refractivity contribution in [2.24, 2.45) is 0 Å². The van der Waals surface area contributed by atoms with Crippen molar-refractivity contribution in [1.29, 1.82) is 5.26 Å². The molecular formula is C23H22N2OS. The normalized spacial score (nSPS) is 16.1. The van der Waals surface area contributed by atoms with Crippen LogP contribution >= 0.6 is 11.3 Å². The lowest BCUT2D eigenvalue weighted by Crippen LogP contribution is -2.03. The molecule has 0 aliphatic heterocycles. The van der Waals surface area contributed by atoms with Gasteiger partial charge >= 0.3 is 0 Å². The Morgan fingerprint density at radius 3 is 2.96 bits per heavy atom. The lowest BCUT2D eigenvalue weighted by molar-refractivity contribution is 0.142. The summed E-state index contributed by atoms with van der Waals surface area (Å²) < 4.78 is 5.83. The van der Waals surface area contributed by atoms with E-state index in [2.05, 4.69) is 35.3 Å². The minimum atomic E-state index is 0.0540. The van der Waals surface area contributed by atoms with Gasteiger partial charge in [-0.2, -0.15) is 5.26 Å². The molecule has 0 fully saturated rings. The number of thiazole rings is 1. The largest absolute Gasteiger partial charge is 0.494 e. The summed E-state index contributed by atoms with van der Waals surface area (Å²) in [4.78, 5) is 5.86. The van der Waals surface area contributed by atoms with Crippen LogP contribution in [-0.4, -0.2) is 11.1 Å². The number of fused-ring (bicyclic) bond motifs is 1. The van der Waals surface area contributed by atoms with Gasteiger partial charge in [-0.25, -0.2) is 4.98 Å². The minimum Gasteiger partial charge on any atom is -0.494 e. The van der Waals surface area contributed by atoms with Crippen LogP contribution in [0.5, 0.6) is 0 Å². The molecular weight excluding hydrogens is 352 g/mol. The first-order valence-electron chi connectivity index (χ1n) is 9.41. The Labute approximate surface area is 164 Å². The number of rotatable bonds is 4. The molecule has 27 heavy (non-hydrogen) atoms. The van der Waals surface area contributed by atoms with E-state index in [4.69, 9.17) is 4.74 Å². The minimum absolute atomic E-state index is 0.0540. The van der Waals surface area contributed by atoms with Crippen molar-refractivity contribution in [3.05, 3.63) is 70.1 Å². The van der Waals surface area contributed by atoms with Crippen LogP contribution in [-0.2, 0) is 17.6 Å². The third-order valence-corrected chi connectivity index (χ3v) is 5.94. The summed E-state index contributed by atoms with van der Waals surface area (Å²) in [5, 5.41) is 10.5. The zero-order valence-corrected chi connectivity index (χ0v) is 16.5. The third-order valence-electron chi connectivity index (χ3n) is 4.86. The number of aromatic nitrogens is 1. The van der Waals surface area contributed by atoms with Crippen LogP contribution in [0.2, 0.25) is 0 Å². The summed E-state index contributed by atoms with van der Waals surface area (Å²) in [6.45, 7) is 3.96. The first-order chi connectivity index (χ1) is 13.2. The number of hydrogen-bond donors (Lipinski definition) is 0. The van der Waals surface area contributed by atoms with E-state index in [-0.39, 0.29) is 6.10 Å². The van der Waals surface area contributed by atoms with Gasteiger partial charge in [-0.3, -0.25) is 0 Å². The first-order valence-corrected chi connectivity index (χ1v) is 10.2. The maximum Gasteiger partial charge on any atom is 0.123 e. The van der Waals surface area contributed by atoms with Crippen molar-refractivity contribution in [3.63, 3.8) is 0 Å². The van der Waals surface area contributed by atoms with Gasteiger partial charge in [0.1, 0.15) is 16.8 Å². The maximum absolute atomic E-state index is 9.58. The van der Waals surface area contributed by atoms with Crippen molar-refractivity contribution in [2.45, 2.75) is 45.6 Å². The summed E-state index contributed by atoms with van der Waals surface area (Å²) >= 11 is 1.69. The molecule has 2 aliphatic carbocycles. The second kappa shape index (κ2) is 7.54. The van der Waals surface area contributed by atoms with E-state index in [1.165, 1.54) is 34.4 Å². The second-order valence-electron chi connectivity index (χ2n) is 7.15. The van der Waals surface area contributed by atoms with Crippen LogP contribution in [0.4, 0.5) is 0 Å². The lowest BCUT2D eigenvalue weighted by Gasteiger charge is -2.12. The zero-order valence-electron chi connectivity index (χ0n) is 15.7. The SMILES string of the molecule is CC(C)OC1=C(C#N)C=C(c2ncc(-c3cccc4c3CCC4)s2)C=CC1. The fraction of sp³-hybridized carbons (Fsp3) is 0.304. The van der Waals surface area contributed by atoms with Crippen LogP contribution in [0.3, 0.4) is 0 Å². The molecule has 136 valence electrons. The Hall–Kier alpha value is -2.64. The maximum atomic E-state index is 9.58. The van der Waals surface area contributed by atoms with Crippen molar-refractivity contribution in [1.82, 2.24) is 4.98 Å². The van der Waals surface area contributed by atoms with Crippen molar-refractivity contribution in [2.75, 3.05) is 0 Å². The van der Waals surface area contributed by atoms with E-state index in [9.17, 15) is 5.26 Å². The molecule has 3 nitrogen and oxygen atoms in total. The molecule has 1 aromatic heterocycles. The first kappa shape index (κ1) is 17.8. The van der Waals surface area contributed by atoms with E-state index >= 15 is 0 Å². The number of allylic oxidation sites excluding steroid dienone is 5. The van der Waals surface area contributed by atoms with Gasteiger partial charge in [0.2, 0.25) is 0 Å². The van der Waals surface area contributed by atoms with Gasteiger partial charge < -0.3 is 4.74 Å². The van der Waals surface area contributed by atoms with E-state index in [0.717, 1.165) is 22.8 Å². The molecule has 1 aromatic carbocycles.